The van der Waals surface area contributed by atoms with Crippen molar-refractivity contribution in [3.63, 3.8) is 0 Å². The van der Waals surface area contributed by atoms with Gasteiger partial charge < -0.3 is 10.0 Å². The molecule has 0 bridgehead atoms. The number of nitrogens with zero attached hydrogens (tertiary/aromatic N) is 1. The second-order valence-electron chi connectivity index (χ2n) is 5.62. The molecule has 0 radical (unpaired) electrons. The molecule has 1 aliphatic heterocycles. The Labute approximate surface area is 113 Å². The number of aliphatic carboxylic acids is 1. The van der Waals surface area contributed by atoms with Gasteiger partial charge in [0.05, 0.1) is 0 Å². The van der Waals surface area contributed by atoms with Crippen molar-refractivity contribution >= 4 is 17.6 Å². The molecule has 4 heteroatoms. The third kappa shape index (κ3) is 2.35. The third-order valence-electron chi connectivity index (χ3n) is 3.67. The molecule has 1 aromatic carbocycles. The van der Waals surface area contributed by atoms with Gasteiger partial charge in [-0.2, -0.15) is 0 Å². The van der Waals surface area contributed by atoms with Crippen LogP contribution < -0.4 is 4.90 Å². The molecule has 19 heavy (non-hydrogen) atoms. The van der Waals surface area contributed by atoms with Gasteiger partial charge in [0.15, 0.2) is 0 Å². The van der Waals surface area contributed by atoms with Gasteiger partial charge in [0.1, 0.15) is 5.41 Å². The van der Waals surface area contributed by atoms with E-state index in [1.165, 1.54) is 13.8 Å². The van der Waals surface area contributed by atoms with E-state index < -0.39 is 11.4 Å². The van der Waals surface area contributed by atoms with Crippen LogP contribution in [0.5, 0.6) is 0 Å². The van der Waals surface area contributed by atoms with Crippen LogP contribution in [0, 0.1) is 12.3 Å². The molecule has 0 fully saturated rings. The number of hydrogen-bond donors (Lipinski definition) is 1. The van der Waals surface area contributed by atoms with Crippen LogP contribution in [0.4, 0.5) is 5.69 Å². The first kappa shape index (κ1) is 13.6. The summed E-state index contributed by atoms with van der Waals surface area (Å²) in [5.41, 5.74) is 1.75. The SMILES string of the molecule is Cc1ccc2c(c1)CCCN2C(=O)C(C)(C)C(=O)O. The van der Waals surface area contributed by atoms with Crippen LogP contribution in [0.1, 0.15) is 31.4 Å². The normalized spacial score (nSPS) is 15.0. The molecule has 102 valence electrons. The first-order valence-corrected chi connectivity index (χ1v) is 6.49. The fraction of sp³-hybridized carbons (Fsp3) is 0.467. The average molecular weight is 261 g/mol. The highest BCUT2D eigenvalue weighted by Gasteiger charge is 2.40. The summed E-state index contributed by atoms with van der Waals surface area (Å²) in [6.45, 7) is 5.52. The fourth-order valence-electron chi connectivity index (χ4n) is 2.37. The van der Waals surface area contributed by atoms with Gasteiger partial charge in [-0.05, 0) is 45.2 Å². The number of carboxylic acid groups (broad SMARTS) is 1. The zero-order chi connectivity index (χ0) is 14.2. The van der Waals surface area contributed by atoms with Gasteiger partial charge in [0.2, 0.25) is 5.91 Å². The van der Waals surface area contributed by atoms with E-state index in [9.17, 15) is 14.7 Å². The monoisotopic (exact) mass is 261 g/mol. The summed E-state index contributed by atoms with van der Waals surface area (Å²) in [4.78, 5) is 25.3. The van der Waals surface area contributed by atoms with Gasteiger partial charge in [-0.25, -0.2) is 0 Å². The van der Waals surface area contributed by atoms with Crippen LogP contribution in [0.2, 0.25) is 0 Å². The smallest absolute Gasteiger partial charge is 0.318 e. The van der Waals surface area contributed by atoms with Crippen LogP contribution in [-0.4, -0.2) is 23.5 Å². The van der Waals surface area contributed by atoms with Gasteiger partial charge >= 0.3 is 5.97 Å². The van der Waals surface area contributed by atoms with Crippen molar-refractivity contribution < 1.29 is 14.7 Å². The molecule has 1 N–H and O–H groups in total. The van der Waals surface area contributed by atoms with Crippen LogP contribution in [-0.2, 0) is 16.0 Å². The lowest BCUT2D eigenvalue weighted by atomic mass is 9.89. The lowest BCUT2D eigenvalue weighted by molar-refractivity contribution is -0.152. The highest BCUT2D eigenvalue weighted by molar-refractivity contribution is 6.09. The van der Waals surface area contributed by atoms with E-state index in [1.54, 1.807) is 4.90 Å². The maximum absolute atomic E-state index is 12.5. The van der Waals surface area contributed by atoms with E-state index in [2.05, 4.69) is 6.07 Å². The molecule has 0 atom stereocenters. The summed E-state index contributed by atoms with van der Waals surface area (Å²) >= 11 is 0. The van der Waals surface area contributed by atoms with Crippen molar-refractivity contribution in [3.05, 3.63) is 29.3 Å². The van der Waals surface area contributed by atoms with Crippen LogP contribution in [0.3, 0.4) is 0 Å². The minimum atomic E-state index is -1.39. The van der Waals surface area contributed by atoms with Crippen LogP contribution in [0.15, 0.2) is 18.2 Å². The number of benzene rings is 1. The zero-order valence-corrected chi connectivity index (χ0v) is 11.6. The summed E-state index contributed by atoms with van der Waals surface area (Å²) < 4.78 is 0. The van der Waals surface area contributed by atoms with Gasteiger partial charge in [-0.1, -0.05) is 17.7 Å². The molecule has 0 aliphatic carbocycles. The Morgan fingerprint density at radius 3 is 2.63 bits per heavy atom. The van der Waals surface area contributed by atoms with Crippen molar-refractivity contribution in [3.8, 4) is 0 Å². The van der Waals surface area contributed by atoms with Gasteiger partial charge in [0.25, 0.3) is 0 Å². The molecule has 0 saturated heterocycles. The summed E-state index contributed by atoms with van der Waals surface area (Å²) in [6, 6.07) is 5.94. The van der Waals surface area contributed by atoms with Crippen molar-refractivity contribution in [2.24, 2.45) is 5.41 Å². The van der Waals surface area contributed by atoms with Gasteiger partial charge in [0, 0.05) is 12.2 Å². The number of carbonyl (C=O) groups is 2. The first-order chi connectivity index (χ1) is 8.84. The maximum Gasteiger partial charge on any atom is 0.318 e. The topological polar surface area (TPSA) is 57.6 Å². The lowest BCUT2D eigenvalue weighted by Gasteiger charge is -2.34. The zero-order valence-electron chi connectivity index (χ0n) is 11.6. The predicted octanol–water partition coefficient (Wildman–Crippen LogP) is 2.39. The molecule has 0 saturated carbocycles. The summed E-state index contributed by atoms with van der Waals surface area (Å²) in [5, 5.41) is 9.19. The minimum Gasteiger partial charge on any atom is -0.480 e. The maximum atomic E-state index is 12.5. The molecular weight excluding hydrogens is 242 g/mol. The average Bonchev–Trinajstić information content (AvgIpc) is 2.36. The third-order valence-corrected chi connectivity index (χ3v) is 3.67. The molecular formula is C15H19NO3. The summed E-state index contributed by atoms with van der Waals surface area (Å²) in [6.07, 6.45) is 1.81. The van der Waals surface area contributed by atoms with Gasteiger partial charge in [-0.3, -0.25) is 9.59 Å². The Kier molecular flexibility index (Phi) is 3.35. The highest BCUT2D eigenvalue weighted by Crippen LogP contribution is 2.31. The molecule has 0 unspecified atom stereocenters. The fourth-order valence-corrected chi connectivity index (χ4v) is 2.37. The summed E-state index contributed by atoms with van der Waals surface area (Å²) in [7, 11) is 0. The number of carbonyl (C=O) groups excluding carboxylic acids is 1. The molecule has 1 aromatic rings. The second-order valence-corrected chi connectivity index (χ2v) is 5.62. The standard InChI is InChI=1S/C15H19NO3/c1-10-6-7-12-11(9-10)5-4-8-16(12)13(17)15(2,3)14(18)19/h6-7,9H,4-5,8H2,1-3H3,(H,18,19). The highest BCUT2D eigenvalue weighted by atomic mass is 16.4. The largest absolute Gasteiger partial charge is 0.480 e. The number of fused-ring (bicyclic) bond motifs is 1. The van der Waals surface area contributed by atoms with E-state index in [-0.39, 0.29) is 5.91 Å². The Balaban J connectivity index is 2.39. The number of hydrogen-bond acceptors (Lipinski definition) is 2. The minimum absolute atomic E-state index is 0.343. The molecule has 0 aromatic heterocycles. The second kappa shape index (κ2) is 4.68. The quantitative estimate of drug-likeness (QED) is 0.832. The number of anilines is 1. The number of aryl methyl sites for hydroxylation is 2. The van der Waals surface area contributed by atoms with E-state index in [1.807, 2.05) is 19.1 Å². The molecule has 4 nitrogen and oxygen atoms in total. The molecule has 1 heterocycles. The molecule has 1 aliphatic rings. The first-order valence-electron chi connectivity index (χ1n) is 6.49. The van der Waals surface area contributed by atoms with Gasteiger partial charge in [-0.15, -0.1) is 0 Å². The van der Waals surface area contributed by atoms with Crippen LogP contribution in [0.25, 0.3) is 0 Å². The van der Waals surface area contributed by atoms with Crippen molar-refractivity contribution in [1.29, 1.82) is 0 Å². The molecule has 1 amide bonds. The van der Waals surface area contributed by atoms with E-state index in [4.69, 9.17) is 0 Å². The predicted molar refractivity (Wildman–Crippen MR) is 73.3 cm³/mol. The van der Waals surface area contributed by atoms with Crippen molar-refractivity contribution in [1.82, 2.24) is 0 Å². The summed E-state index contributed by atoms with van der Waals surface area (Å²) in [5.74, 6) is -1.43. The Bertz CT molecular complexity index is 534. The van der Waals surface area contributed by atoms with E-state index >= 15 is 0 Å². The van der Waals surface area contributed by atoms with E-state index in [0.29, 0.717) is 6.54 Å². The van der Waals surface area contributed by atoms with Crippen LogP contribution >= 0.6 is 0 Å². The Hall–Kier alpha value is -1.84. The lowest BCUT2D eigenvalue weighted by Crippen LogP contribution is -2.47. The molecule has 2 rings (SSSR count). The number of carboxylic acids is 1. The Morgan fingerprint density at radius 2 is 2.00 bits per heavy atom. The Morgan fingerprint density at radius 1 is 1.32 bits per heavy atom. The van der Waals surface area contributed by atoms with E-state index in [0.717, 1.165) is 29.7 Å². The number of amides is 1. The van der Waals surface area contributed by atoms with Crippen molar-refractivity contribution in [2.75, 3.05) is 11.4 Å². The van der Waals surface area contributed by atoms with Crippen molar-refractivity contribution in [2.45, 2.75) is 33.6 Å². The number of rotatable bonds is 2. The molecule has 0 spiro atoms.